The summed E-state index contributed by atoms with van der Waals surface area (Å²) >= 11 is 0. The Kier molecular flexibility index (Phi) is 5.05. The van der Waals surface area contributed by atoms with Gasteiger partial charge >= 0.3 is 12.1 Å². The number of carbonyl (C=O) groups excluding carboxylic acids is 1. The Labute approximate surface area is 109 Å². The van der Waals surface area contributed by atoms with Crippen molar-refractivity contribution < 1.29 is 23.8 Å². The Hall–Kier alpha value is -2.37. The maximum atomic E-state index is 13.4. The van der Waals surface area contributed by atoms with Crippen LogP contribution in [0.25, 0.3) is 6.08 Å². The molecule has 1 aromatic carbocycles. The largest absolute Gasteiger partial charge is 0.478 e. The lowest BCUT2D eigenvalue weighted by atomic mass is 10.1. The van der Waals surface area contributed by atoms with Crippen molar-refractivity contribution in [3.63, 3.8) is 0 Å². The topological polar surface area (TPSA) is 75.6 Å². The van der Waals surface area contributed by atoms with Crippen LogP contribution in [0.15, 0.2) is 24.3 Å². The Bertz CT molecular complexity index is 511. The van der Waals surface area contributed by atoms with Gasteiger partial charge in [-0.3, -0.25) is 5.32 Å². The molecule has 0 unspecified atom stereocenters. The molecule has 2 N–H and O–H groups in total. The lowest BCUT2D eigenvalue weighted by molar-refractivity contribution is -0.131. The molecule has 0 aliphatic carbocycles. The average molecular weight is 267 g/mol. The third-order valence-electron chi connectivity index (χ3n) is 1.99. The Morgan fingerprint density at radius 3 is 2.68 bits per heavy atom. The molecule has 6 heteroatoms. The predicted molar refractivity (Wildman–Crippen MR) is 68.3 cm³/mol. The van der Waals surface area contributed by atoms with E-state index in [1.165, 1.54) is 12.1 Å². The third kappa shape index (κ3) is 5.20. The van der Waals surface area contributed by atoms with Gasteiger partial charge in [0.1, 0.15) is 5.82 Å². The highest BCUT2D eigenvalue weighted by molar-refractivity contribution is 5.87. The second-order valence-corrected chi connectivity index (χ2v) is 3.99. The van der Waals surface area contributed by atoms with Crippen LogP contribution >= 0.6 is 0 Å². The first kappa shape index (κ1) is 14.7. The van der Waals surface area contributed by atoms with Gasteiger partial charge in [-0.2, -0.15) is 0 Å². The van der Waals surface area contributed by atoms with E-state index in [1.807, 2.05) is 0 Å². The predicted octanol–water partition coefficient (Wildman–Crippen LogP) is 2.88. The number of rotatable bonds is 4. The average Bonchev–Trinajstić information content (AvgIpc) is 2.28. The fraction of sp³-hybridized carbons (Fsp3) is 0.231. The van der Waals surface area contributed by atoms with Gasteiger partial charge in [-0.05, 0) is 38.1 Å². The summed E-state index contributed by atoms with van der Waals surface area (Å²) in [5, 5.41) is 10.9. The number of aliphatic carboxylic acids is 1. The molecular weight excluding hydrogens is 253 g/mol. The molecular formula is C13H14FNO4. The van der Waals surface area contributed by atoms with Crippen molar-refractivity contribution in [1.82, 2.24) is 0 Å². The number of benzene rings is 1. The number of carboxylic acid groups (broad SMARTS) is 1. The summed E-state index contributed by atoms with van der Waals surface area (Å²) in [7, 11) is 0. The number of hydrogen-bond donors (Lipinski definition) is 2. The molecule has 5 nitrogen and oxygen atoms in total. The number of amides is 1. The van der Waals surface area contributed by atoms with Crippen molar-refractivity contribution in [1.29, 1.82) is 0 Å². The molecule has 0 spiro atoms. The number of halogens is 1. The highest BCUT2D eigenvalue weighted by Crippen LogP contribution is 2.16. The van der Waals surface area contributed by atoms with Crippen molar-refractivity contribution >= 4 is 23.8 Å². The summed E-state index contributed by atoms with van der Waals surface area (Å²) in [5.41, 5.74) is 0.377. The molecule has 0 radical (unpaired) electrons. The first-order valence-corrected chi connectivity index (χ1v) is 5.56. The molecule has 19 heavy (non-hydrogen) atoms. The van der Waals surface area contributed by atoms with Crippen molar-refractivity contribution in [3.05, 3.63) is 35.7 Å². The minimum Gasteiger partial charge on any atom is -0.478 e. The van der Waals surface area contributed by atoms with Crippen LogP contribution in [-0.4, -0.2) is 23.3 Å². The molecule has 1 amide bonds. The Morgan fingerprint density at radius 2 is 2.11 bits per heavy atom. The summed E-state index contributed by atoms with van der Waals surface area (Å²) < 4.78 is 18.2. The highest BCUT2D eigenvalue weighted by Gasteiger charge is 2.07. The maximum Gasteiger partial charge on any atom is 0.411 e. The van der Waals surface area contributed by atoms with Crippen LogP contribution < -0.4 is 5.32 Å². The van der Waals surface area contributed by atoms with E-state index in [2.05, 4.69) is 5.32 Å². The monoisotopic (exact) mass is 267 g/mol. The highest BCUT2D eigenvalue weighted by atomic mass is 19.1. The quantitative estimate of drug-likeness (QED) is 0.822. The molecule has 1 rings (SSSR count). The summed E-state index contributed by atoms with van der Waals surface area (Å²) in [6, 6.07) is 3.80. The van der Waals surface area contributed by atoms with Crippen LogP contribution in [0.1, 0.15) is 19.4 Å². The minimum absolute atomic E-state index is 0.0600. The van der Waals surface area contributed by atoms with Gasteiger partial charge < -0.3 is 9.84 Å². The molecule has 0 heterocycles. The van der Waals surface area contributed by atoms with Crippen molar-refractivity contribution in [2.24, 2.45) is 0 Å². The number of ether oxygens (including phenoxy) is 1. The molecule has 0 aliphatic heterocycles. The summed E-state index contributed by atoms with van der Waals surface area (Å²) in [6.45, 7) is 3.40. The normalized spacial score (nSPS) is 10.7. The second kappa shape index (κ2) is 6.53. The van der Waals surface area contributed by atoms with E-state index in [4.69, 9.17) is 9.84 Å². The van der Waals surface area contributed by atoms with Crippen LogP contribution in [0, 0.1) is 5.82 Å². The molecule has 102 valence electrons. The van der Waals surface area contributed by atoms with E-state index in [0.29, 0.717) is 5.69 Å². The second-order valence-electron chi connectivity index (χ2n) is 3.99. The number of anilines is 1. The maximum absolute atomic E-state index is 13.4. The van der Waals surface area contributed by atoms with E-state index in [9.17, 15) is 14.0 Å². The van der Waals surface area contributed by atoms with E-state index in [0.717, 1.165) is 18.2 Å². The number of carboxylic acids is 1. The molecule has 0 aliphatic rings. The lowest BCUT2D eigenvalue weighted by Crippen LogP contribution is -2.18. The number of carbonyl (C=O) groups is 2. The summed E-state index contributed by atoms with van der Waals surface area (Å²) in [6.07, 6.45) is 0.993. The van der Waals surface area contributed by atoms with Crippen molar-refractivity contribution in [2.45, 2.75) is 20.0 Å². The fourth-order valence-corrected chi connectivity index (χ4v) is 1.27. The molecule has 0 saturated heterocycles. The number of nitrogens with one attached hydrogen (secondary N) is 1. The van der Waals surface area contributed by atoms with E-state index < -0.39 is 17.9 Å². The van der Waals surface area contributed by atoms with Crippen LogP contribution in [-0.2, 0) is 9.53 Å². The molecule has 0 atom stereocenters. The molecule has 0 bridgehead atoms. The minimum atomic E-state index is -1.18. The smallest absolute Gasteiger partial charge is 0.411 e. The number of hydrogen-bond acceptors (Lipinski definition) is 3. The van der Waals surface area contributed by atoms with Crippen molar-refractivity contribution in [3.8, 4) is 0 Å². The zero-order chi connectivity index (χ0) is 14.4. The van der Waals surface area contributed by atoms with Crippen molar-refractivity contribution in [2.75, 3.05) is 5.32 Å². The van der Waals surface area contributed by atoms with Crippen LogP contribution in [0.4, 0.5) is 14.9 Å². The first-order chi connectivity index (χ1) is 8.88. The Balaban J connectivity index is 2.84. The molecule has 0 aromatic heterocycles. The van der Waals surface area contributed by atoms with Crippen LogP contribution in [0.5, 0.6) is 0 Å². The van der Waals surface area contributed by atoms with Gasteiger partial charge in [-0.1, -0.05) is 0 Å². The lowest BCUT2D eigenvalue weighted by Gasteiger charge is -2.10. The first-order valence-electron chi connectivity index (χ1n) is 5.56. The van der Waals surface area contributed by atoms with Gasteiger partial charge in [0, 0.05) is 17.3 Å². The van der Waals surface area contributed by atoms with Gasteiger partial charge in [0.15, 0.2) is 0 Å². The van der Waals surface area contributed by atoms with Gasteiger partial charge in [-0.25, -0.2) is 14.0 Å². The molecule has 0 saturated carbocycles. The third-order valence-corrected chi connectivity index (χ3v) is 1.99. The van der Waals surface area contributed by atoms with E-state index in [1.54, 1.807) is 13.8 Å². The van der Waals surface area contributed by atoms with Gasteiger partial charge in [0.05, 0.1) is 6.10 Å². The zero-order valence-electron chi connectivity index (χ0n) is 10.5. The SMILES string of the molecule is CC(C)OC(=O)Nc1ccc(F)c(/C=C/C(=O)O)c1. The van der Waals surface area contributed by atoms with Gasteiger partial charge in [-0.15, -0.1) is 0 Å². The standard InChI is InChI=1S/C13H14FNO4/c1-8(2)19-13(18)15-10-4-5-11(14)9(7-10)3-6-12(16)17/h3-8H,1-2H3,(H,15,18)(H,16,17)/b6-3+. The summed E-state index contributed by atoms with van der Waals surface area (Å²) in [4.78, 5) is 21.7. The summed E-state index contributed by atoms with van der Waals surface area (Å²) in [5.74, 6) is -1.77. The Morgan fingerprint density at radius 1 is 1.42 bits per heavy atom. The molecule has 0 fully saturated rings. The fourth-order valence-electron chi connectivity index (χ4n) is 1.27. The van der Waals surface area contributed by atoms with E-state index in [-0.39, 0.29) is 11.7 Å². The van der Waals surface area contributed by atoms with Gasteiger partial charge in [0.2, 0.25) is 0 Å². The van der Waals surface area contributed by atoms with Crippen LogP contribution in [0.2, 0.25) is 0 Å². The molecule has 1 aromatic rings. The zero-order valence-corrected chi connectivity index (χ0v) is 10.5. The van der Waals surface area contributed by atoms with Crippen LogP contribution in [0.3, 0.4) is 0 Å². The van der Waals surface area contributed by atoms with Gasteiger partial charge in [0.25, 0.3) is 0 Å². The van der Waals surface area contributed by atoms with E-state index >= 15 is 0 Å².